The van der Waals surface area contributed by atoms with Crippen LogP contribution in [0, 0.1) is 10.1 Å². The van der Waals surface area contributed by atoms with E-state index in [9.17, 15) is 10.1 Å². The lowest BCUT2D eigenvalue weighted by atomic mass is 10.2. The third kappa shape index (κ3) is 3.17. The molecule has 1 aromatic carbocycles. The molecule has 1 unspecified atom stereocenters. The van der Waals surface area contributed by atoms with Gasteiger partial charge < -0.3 is 5.32 Å². The van der Waals surface area contributed by atoms with E-state index in [4.69, 9.17) is 11.6 Å². The van der Waals surface area contributed by atoms with Crippen LogP contribution < -0.4 is 5.32 Å². The highest BCUT2D eigenvalue weighted by molar-refractivity contribution is 6.33. The Morgan fingerprint density at radius 1 is 1.42 bits per heavy atom. The molecule has 0 aliphatic carbocycles. The maximum Gasteiger partial charge on any atom is 0.271 e. The molecule has 6 nitrogen and oxygen atoms in total. The Hall–Kier alpha value is -2.21. The van der Waals surface area contributed by atoms with Crippen LogP contribution in [0.4, 0.5) is 11.4 Å². The lowest BCUT2D eigenvalue weighted by Crippen LogP contribution is -2.09. The molecule has 19 heavy (non-hydrogen) atoms. The molecule has 2 rings (SSSR count). The van der Waals surface area contributed by atoms with Crippen molar-refractivity contribution in [3.05, 3.63) is 57.6 Å². The summed E-state index contributed by atoms with van der Waals surface area (Å²) in [7, 11) is 0. The first-order valence-electron chi connectivity index (χ1n) is 5.54. The van der Waals surface area contributed by atoms with Gasteiger partial charge >= 0.3 is 0 Å². The SMILES string of the molecule is CC(Nc1ccc([N+](=O)[O-])cc1Cl)c1cnccn1. The van der Waals surface area contributed by atoms with Gasteiger partial charge in [0.25, 0.3) is 5.69 Å². The van der Waals surface area contributed by atoms with E-state index in [1.54, 1.807) is 24.7 Å². The molecule has 7 heteroatoms. The van der Waals surface area contributed by atoms with E-state index >= 15 is 0 Å². The Bertz CT molecular complexity index is 592. The minimum Gasteiger partial charge on any atom is -0.376 e. The lowest BCUT2D eigenvalue weighted by Gasteiger charge is -2.15. The number of anilines is 1. The Morgan fingerprint density at radius 3 is 2.79 bits per heavy atom. The van der Waals surface area contributed by atoms with Crippen LogP contribution >= 0.6 is 11.6 Å². The first-order chi connectivity index (χ1) is 9.08. The largest absolute Gasteiger partial charge is 0.376 e. The van der Waals surface area contributed by atoms with Crippen LogP contribution in [0.2, 0.25) is 5.02 Å². The van der Waals surface area contributed by atoms with E-state index in [-0.39, 0.29) is 11.7 Å². The molecule has 0 aliphatic rings. The summed E-state index contributed by atoms with van der Waals surface area (Å²) in [6, 6.07) is 4.19. The second-order valence-corrected chi connectivity index (χ2v) is 4.32. The smallest absolute Gasteiger partial charge is 0.271 e. The average Bonchev–Trinajstić information content (AvgIpc) is 2.41. The van der Waals surface area contributed by atoms with Crippen molar-refractivity contribution in [2.75, 3.05) is 5.32 Å². The van der Waals surface area contributed by atoms with Crippen molar-refractivity contribution in [1.82, 2.24) is 9.97 Å². The van der Waals surface area contributed by atoms with Gasteiger partial charge in [0.2, 0.25) is 0 Å². The number of nitrogens with zero attached hydrogens (tertiary/aromatic N) is 3. The van der Waals surface area contributed by atoms with E-state index < -0.39 is 4.92 Å². The molecular weight excluding hydrogens is 268 g/mol. The van der Waals surface area contributed by atoms with Gasteiger partial charge in [-0.25, -0.2) is 0 Å². The van der Waals surface area contributed by atoms with E-state index in [0.29, 0.717) is 10.7 Å². The number of benzene rings is 1. The van der Waals surface area contributed by atoms with Crippen LogP contribution in [-0.4, -0.2) is 14.9 Å². The minimum atomic E-state index is -0.484. The third-order valence-corrected chi connectivity index (χ3v) is 2.88. The molecule has 98 valence electrons. The fourth-order valence-electron chi connectivity index (χ4n) is 1.58. The molecule has 0 aliphatic heterocycles. The van der Waals surface area contributed by atoms with E-state index in [0.717, 1.165) is 5.69 Å². The fraction of sp³-hybridized carbons (Fsp3) is 0.167. The number of nitrogens with one attached hydrogen (secondary N) is 1. The zero-order chi connectivity index (χ0) is 13.8. The van der Waals surface area contributed by atoms with Crippen molar-refractivity contribution in [3.63, 3.8) is 0 Å². The average molecular weight is 279 g/mol. The quantitative estimate of drug-likeness (QED) is 0.686. The van der Waals surface area contributed by atoms with Crippen LogP contribution in [0.3, 0.4) is 0 Å². The Morgan fingerprint density at radius 2 is 2.21 bits per heavy atom. The van der Waals surface area contributed by atoms with Crippen LogP contribution in [0.15, 0.2) is 36.8 Å². The molecule has 0 bridgehead atoms. The van der Waals surface area contributed by atoms with Crippen LogP contribution in [-0.2, 0) is 0 Å². The monoisotopic (exact) mass is 278 g/mol. The Labute approximate surface area is 114 Å². The molecule has 1 aromatic heterocycles. The van der Waals surface area contributed by atoms with E-state index in [1.807, 2.05) is 6.92 Å². The van der Waals surface area contributed by atoms with Crippen molar-refractivity contribution < 1.29 is 4.92 Å². The van der Waals surface area contributed by atoms with Gasteiger partial charge in [-0.1, -0.05) is 11.6 Å². The first kappa shape index (κ1) is 13.2. The summed E-state index contributed by atoms with van der Waals surface area (Å²) in [5.41, 5.74) is 1.34. The van der Waals surface area contributed by atoms with Crippen molar-refractivity contribution in [3.8, 4) is 0 Å². The predicted molar refractivity (Wildman–Crippen MR) is 72.2 cm³/mol. The molecule has 0 amide bonds. The van der Waals surface area contributed by atoms with Gasteiger partial charge in [-0.15, -0.1) is 0 Å². The third-order valence-electron chi connectivity index (χ3n) is 2.56. The Balaban J connectivity index is 2.18. The normalized spacial score (nSPS) is 11.9. The summed E-state index contributed by atoms with van der Waals surface area (Å²) >= 11 is 6.00. The molecule has 0 saturated heterocycles. The van der Waals surface area contributed by atoms with Crippen LogP contribution in [0.1, 0.15) is 18.7 Å². The van der Waals surface area contributed by atoms with Gasteiger partial charge in [0.1, 0.15) is 0 Å². The molecule has 1 N–H and O–H groups in total. The highest BCUT2D eigenvalue weighted by Gasteiger charge is 2.12. The predicted octanol–water partition coefficient (Wildman–Crippen LogP) is 3.21. The maximum absolute atomic E-state index is 10.6. The summed E-state index contributed by atoms with van der Waals surface area (Å²) in [4.78, 5) is 18.3. The topological polar surface area (TPSA) is 81.0 Å². The maximum atomic E-state index is 10.6. The first-order valence-corrected chi connectivity index (χ1v) is 5.92. The van der Waals surface area contributed by atoms with Crippen molar-refractivity contribution in [2.24, 2.45) is 0 Å². The molecule has 0 radical (unpaired) electrons. The van der Waals surface area contributed by atoms with E-state index in [1.165, 1.54) is 12.1 Å². The highest BCUT2D eigenvalue weighted by atomic mass is 35.5. The van der Waals surface area contributed by atoms with Crippen LogP contribution in [0.25, 0.3) is 0 Å². The number of halogens is 1. The van der Waals surface area contributed by atoms with Crippen molar-refractivity contribution in [2.45, 2.75) is 13.0 Å². The van der Waals surface area contributed by atoms with Gasteiger partial charge in [0, 0.05) is 24.5 Å². The van der Waals surface area contributed by atoms with Gasteiger partial charge in [-0.05, 0) is 13.0 Å². The number of nitro benzene ring substituents is 1. The number of non-ortho nitro benzene ring substituents is 1. The van der Waals surface area contributed by atoms with Crippen molar-refractivity contribution >= 4 is 23.0 Å². The second-order valence-electron chi connectivity index (χ2n) is 3.92. The highest BCUT2D eigenvalue weighted by Crippen LogP contribution is 2.29. The summed E-state index contributed by atoms with van der Waals surface area (Å²) < 4.78 is 0. The van der Waals surface area contributed by atoms with Gasteiger partial charge in [0.15, 0.2) is 0 Å². The number of nitro groups is 1. The lowest BCUT2D eigenvalue weighted by molar-refractivity contribution is -0.384. The molecule has 1 heterocycles. The van der Waals surface area contributed by atoms with Crippen LogP contribution in [0.5, 0.6) is 0 Å². The molecule has 2 aromatic rings. The molecule has 1 atom stereocenters. The van der Waals surface area contributed by atoms with Crippen molar-refractivity contribution in [1.29, 1.82) is 0 Å². The zero-order valence-corrected chi connectivity index (χ0v) is 10.8. The number of hydrogen-bond acceptors (Lipinski definition) is 5. The standard InChI is InChI=1S/C12H11ClN4O2/c1-8(12-7-14-4-5-15-12)16-11-3-2-9(17(18)19)6-10(11)13/h2-8,16H,1H3. The number of rotatable bonds is 4. The minimum absolute atomic E-state index is 0.0392. The number of hydrogen-bond donors (Lipinski definition) is 1. The summed E-state index contributed by atoms with van der Waals surface area (Å²) in [6.45, 7) is 1.90. The van der Waals surface area contributed by atoms with Gasteiger partial charge in [0.05, 0.1) is 33.6 Å². The molecule has 0 fully saturated rings. The van der Waals surface area contributed by atoms with Gasteiger partial charge in [-0.2, -0.15) is 0 Å². The fourth-order valence-corrected chi connectivity index (χ4v) is 1.81. The van der Waals surface area contributed by atoms with Gasteiger partial charge in [-0.3, -0.25) is 20.1 Å². The summed E-state index contributed by atoms with van der Waals surface area (Å²) in [5, 5.41) is 14.0. The van der Waals surface area contributed by atoms with E-state index in [2.05, 4.69) is 15.3 Å². The Kier molecular flexibility index (Phi) is 3.91. The second kappa shape index (κ2) is 5.62. The number of aromatic nitrogens is 2. The molecule has 0 spiro atoms. The summed E-state index contributed by atoms with van der Waals surface area (Å²) in [6.07, 6.45) is 4.84. The molecule has 0 saturated carbocycles. The summed E-state index contributed by atoms with van der Waals surface area (Å²) in [5.74, 6) is 0. The zero-order valence-electron chi connectivity index (χ0n) is 10.1. The molecular formula is C12H11ClN4O2.